The van der Waals surface area contributed by atoms with Gasteiger partial charge < -0.3 is 0 Å². The van der Waals surface area contributed by atoms with E-state index in [0.29, 0.717) is 0 Å². The molecule has 0 aromatic rings. The molecule has 116 valence electrons. The fourth-order valence-electron chi connectivity index (χ4n) is 0. The Hall–Kier alpha value is -0.935. The number of hydrogen-bond donors (Lipinski definition) is 0. The Bertz CT molecular complexity index is 46.9. The Morgan fingerprint density at radius 2 is 0.706 bits per heavy atom. The smallest absolute Gasteiger partial charge is 0.0379 e. The van der Waals surface area contributed by atoms with Crippen LogP contribution >= 0.6 is 0 Å². The summed E-state index contributed by atoms with van der Waals surface area (Å²) in [4.78, 5) is 0. The van der Waals surface area contributed by atoms with Crippen LogP contribution < -0.4 is 0 Å². The van der Waals surface area contributed by atoms with Crippen LogP contribution in [0.3, 0.4) is 0 Å². The average molecular weight is 491 g/mol. The summed E-state index contributed by atoms with van der Waals surface area (Å²) in [7, 11) is 3.75. The first-order valence-corrected chi connectivity index (χ1v) is 6.29. The van der Waals surface area contributed by atoms with Crippen LogP contribution in [0, 0.1) is 11.8 Å². The summed E-state index contributed by atoms with van der Waals surface area (Å²) in [6, 6.07) is 0. The fraction of sp³-hybridized carbons (Fsp3) is 1.00. The molecule has 0 bridgehead atoms. The first-order chi connectivity index (χ1) is 7.29. The van der Waals surface area contributed by atoms with Crippen LogP contribution in [-0.4, -0.2) is 9.71 Å². The van der Waals surface area contributed by atoms with Crippen molar-refractivity contribution in [3.05, 3.63) is 0 Å². The summed E-state index contributed by atoms with van der Waals surface area (Å²) in [5, 5.41) is 0. The minimum absolute atomic E-state index is 0. The molecular formula is C15H41BFm. The molecule has 0 aromatic carbocycles. The van der Waals surface area contributed by atoms with Crippen molar-refractivity contribution in [1.29, 1.82) is 1.34 Å². The monoisotopic (exact) mass is 491 g/mol. The van der Waals surface area contributed by atoms with Gasteiger partial charge in [0.15, 0.2) is 0 Å². The Morgan fingerprint density at radius 3 is 0.706 bits per heavy atom. The predicted molar refractivity (Wildman–Crippen MR) is 86.8 cm³/mol. The first kappa shape index (κ1) is 36.0. The van der Waals surface area contributed by atoms with E-state index in [4.69, 9.17) is 1.34 Å². The SMILES string of the molecule is C.CC(C)C.CC(C)C.CCC.CCC.[3H][B].[Fm]. The maximum atomic E-state index is 5.25. The topological polar surface area (TPSA) is 0 Å². The molecule has 2 radical (unpaired) electrons. The summed E-state index contributed by atoms with van der Waals surface area (Å²) < 4.78 is 5.25. The average Bonchev–Trinajstić information content (AvgIpc) is 2.07. The van der Waals surface area contributed by atoms with Crippen molar-refractivity contribution in [2.24, 2.45) is 11.8 Å². The molecule has 0 heterocycles. The minimum atomic E-state index is 0. The van der Waals surface area contributed by atoms with Gasteiger partial charge in [0.2, 0.25) is 0 Å². The molecule has 0 spiro atoms. The second kappa shape index (κ2) is 59.7. The summed E-state index contributed by atoms with van der Waals surface area (Å²) in [5.74, 6) is 1.67. The van der Waals surface area contributed by atoms with Crippen LogP contribution in [0.2, 0.25) is 0 Å². The second-order valence-electron chi connectivity index (χ2n) is 4.88. The third-order valence-corrected chi connectivity index (χ3v) is 0. The Kier molecular flexibility index (Phi) is 126. The molecule has 0 aliphatic heterocycles. The molecule has 0 rings (SSSR count). The third kappa shape index (κ3) is 2940. The van der Waals surface area contributed by atoms with Gasteiger partial charge in [0, 0.05) is 8.38 Å². The zero-order valence-corrected chi connectivity index (χ0v) is 15.8. The van der Waals surface area contributed by atoms with Gasteiger partial charge in [-0.1, -0.05) is 89.5 Å². The molecule has 0 unspecified atom stereocenters. The van der Waals surface area contributed by atoms with Crippen molar-refractivity contribution in [2.75, 3.05) is 0 Å². The zero-order chi connectivity index (χ0) is 14.6. The minimum Gasteiger partial charge on any atom is -0.0776 e. The van der Waals surface area contributed by atoms with Gasteiger partial charge >= 0.3 is 0 Å². The van der Waals surface area contributed by atoms with Crippen LogP contribution in [0.4, 0.5) is 0 Å². The largest absolute Gasteiger partial charge is 0.0776 e. The van der Waals surface area contributed by atoms with E-state index < -0.39 is 0 Å². The summed E-state index contributed by atoms with van der Waals surface area (Å²) in [6.45, 7) is 21.5. The molecule has 0 N–H and O–H groups in total. The summed E-state index contributed by atoms with van der Waals surface area (Å²) >= 11 is 0. The summed E-state index contributed by atoms with van der Waals surface area (Å²) in [6.07, 6.45) is 2.50. The molecule has 0 aromatic heterocycles. The van der Waals surface area contributed by atoms with Crippen molar-refractivity contribution in [3.8, 4) is 0 Å². The Labute approximate surface area is 112 Å². The van der Waals surface area contributed by atoms with Crippen LogP contribution in [-0.2, 0) is 0 Å². The van der Waals surface area contributed by atoms with Gasteiger partial charge in [0.25, 0.3) is 0 Å². The molecule has 17 heavy (non-hydrogen) atoms. The predicted octanol–water partition coefficient (Wildman–Crippen LogP) is 6.14. The summed E-state index contributed by atoms with van der Waals surface area (Å²) in [5.41, 5.74) is 0. The van der Waals surface area contributed by atoms with E-state index in [9.17, 15) is 0 Å². The van der Waals surface area contributed by atoms with Gasteiger partial charge in [-0.25, -0.2) is 0 Å². The molecular weight excluding hydrogens is 448 g/mol. The molecule has 0 saturated carbocycles. The zero-order valence-electron chi connectivity index (χ0n) is 14.4. The van der Waals surface area contributed by atoms with Gasteiger partial charge in [0.1, 0.15) is 0 Å². The quantitative estimate of drug-likeness (QED) is 0.357. The van der Waals surface area contributed by atoms with Gasteiger partial charge in [-0.3, -0.25) is 0 Å². The van der Waals surface area contributed by atoms with Gasteiger partial charge in [-0.2, -0.15) is 0 Å². The molecule has 2 heteroatoms. The van der Waals surface area contributed by atoms with Crippen molar-refractivity contribution in [2.45, 2.75) is 89.5 Å². The maximum absolute atomic E-state index is 5.25. The van der Waals surface area contributed by atoms with E-state index >= 15 is 0 Å². The molecule has 0 fully saturated rings. The van der Waals surface area contributed by atoms with Gasteiger partial charge in [-0.15, -0.1) is 0 Å². The van der Waals surface area contributed by atoms with E-state index in [1.165, 1.54) is 12.8 Å². The van der Waals surface area contributed by atoms with Gasteiger partial charge in [-0.05, 0) is 13.2 Å². The van der Waals surface area contributed by atoms with Crippen molar-refractivity contribution >= 4 is 8.38 Å². The second-order valence-corrected chi connectivity index (χ2v) is 4.88. The molecule has 0 nitrogen and oxygen atoms in total. The molecule has 0 aliphatic rings. The van der Waals surface area contributed by atoms with E-state index in [0.717, 1.165) is 11.8 Å². The van der Waals surface area contributed by atoms with Crippen LogP contribution in [0.1, 0.15) is 89.5 Å². The standard InChI is InChI=1S/2C4H10.2C3H8.CH4.BH.Fm/c2*1-4(2)3;2*1-3-2;;;/h2*4H,1-3H3;2*3H2,1-2H3;1H4;1H;/i;;;;;1T;. The number of rotatable bonds is 0. The molecule has 0 atom stereocenters. The van der Waals surface area contributed by atoms with Crippen LogP contribution in [0.25, 0.3) is 0 Å². The molecule has 0 amide bonds. The van der Waals surface area contributed by atoms with Gasteiger partial charge in [0.05, 0.1) is 0 Å². The van der Waals surface area contributed by atoms with Crippen molar-refractivity contribution in [1.82, 2.24) is 0 Å². The molecule has 0 aliphatic carbocycles. The Balaban J connectivity index is -0.0000000167. The maximum Gasteiger partial charge on any atom is 0.0379 e. The fourth-order valence-corrected chi connectivity index (χ4v) is 0. The van der Waals surface area contributed by atoms with E-state index in [1.54, 1.807) is 0 Å². The van der Waals surface area contributed by atoms with Crippen molar-refractivity contribution < 1.29 is 0 Å². The first-order valence-electron chi connectivity index (χ1n) is 6.87. The van der Waals surface area contributed by atoms with Crippen LogP contribution in [0.5, 0.6) is 0 Å². The van der Waals surface area contributed by atoms with E-state index in [1.807, 2.05) is 0 Å². The normalized spacial score (nSPS) is 6.71. The van der Waals surface area contributed by atoms with E-state index in [-0.39, 0.29) is 7.43 Å². The Morgan fingerprint density at radius 1 is 0.706 bits per heavy atom. The van der Waals surface area contributed by atoms with Crippen LogP contribution in [0.15, 0.2) is 0 Å². The molecule has 0 saturated heterocycles. The number of hydrogen-bond acceptors (Lipinski definition) is 0. The third-order valence-electron chi connectivity index (χ3n) is 0. The van der Waals surface area contributed by atoms with Crippen molar-refractivity contribution in [3.63, 3.8) is 0 Å². The van der Waals surface area contributed by atoms with E-state index in [2.05, 4.69) is 77.6 Å².